The monoisotopic (exact) mass is 1710 g/mol. The van der Waals surface area contributed by atoms with Crippen LogP contribution >= 0.6 is 0 Å². The van der Waals surface area contributed by atoms with Crippen LogP contribution in [0, 0.1) is 58.3 Å². The zero-order valence-corrected chi connectivity index (χ0v) is 72.1. The van der Waals surface area contributed by atoms with Crippen molar-refractivity contribution in [3.63, 3.8) is 0 Å². The summed E-state index contributed by atoms with van der Waals surface area (Å²) >= 11 is 0. The number of nitrogens with zero attached hydrogens (tertiary/aromatic N) is 12. The van der Waals surface area contributed by atoms with E-state index in [4.69, 9.17) is 33.1 Å². The van der Waals surface area contributed by atoms with E-state index in [-0.39, 0.29) is 102 Å². The van der Waals surface area contributed by atoms with Gasteiger partial charge in [-0.25, -0.2) is 18.5 Å². The number of rotatable bonds is 18. The molecule has 8 fully saturated rings. The van der Waals surface area contributed by atoms with Crippen LogP contribution in [-0.2, 0) is 37.1 Å². The number of hydrogen-bond acceptors (Lipinski definition) is 20. The number of imide groups is 2. The number of carbonyl (C=O) groups excluding carboxylic acids is 8. The SMILES string of the molecule is C.O=COc1ccc(N2CCC(CN3CCN(c4ccc5c(c4)CN([C@H]4CCC(=O)NC4=O)C5=O)CC3)CC2)c(F)c1.[C-]#[N+]c1ccc(OC2C(C)(C)C(N)C2(C)C)c2cccnc12.[C-]#[N+]c1ccc(OC2C(C)(C)C(NC(=O)c3ccc(N4CCC(CN5CCN(c6ccc7c(c6)CN([C@H]6CCC(=O)NC6=O)C7=O)CC5)CC4)c(F)c3)C2(C)C)c2cccnc12. The maximum absolute atomic E-state index is 15.8. The van der Waals surface area contributed by atoms with Gasteiger partial charge in [-0.2, -0.15) is 0 Å². The fraction of sp³-hybridized carbons (Fsp3) is 0.464. The van der Waals surface area contributed by atoms with E-state index in [1.54, 1.807) is 58.6 Å². The minimum Gasteiger partial charge on any atom is -0.489 e. The Morgan fingerprint density at radius 3 is 1.37 bits per heavy atom. The Bertz CT molecular complexity index is 5610. The molecule has 2 atom stereocenters. The smallest absolute Gasteiger partial charge is 0.298 e. The molecule has 0 unspecified atom stereocenters. The average Bonchev–Trinajstić information content (AvgIpc) is 0.838. The van der Waals surface area contributed by atoms with Crippen molar-refractivity contribution in [2.75, 3.05) is 111 Å². The Balaban J connectivity index is 0.000000163. The van der Waals surface area contributed by atoms with Crippen LogP contribution in [-0.4, -0.2) is 205 Å². The second-order valence-electron chi connectivity index (χ2n) is 37.3. The van der Waals surface area contributed by atoms with E-state index >= 15 is 4.39 Å². The molecule has 27 nitrogen and oxygen atoms in total. The number of pyridine rings is 2. The number of nitrogens with two attached hydrogens (primary N) is 1. The number of fused-ring (bicyclic) bond motifs is 4. The van der Waals surface area contributed by atoms with Crippen molar-refractivity contribution >= 4 is 104 Å². The number of halogens is 2. The van der Waals surface area contributed by atoms with Gasteiger partial charge in [0.05, 0.1) is 35.6 Å². The summed E-state index contributed by atoms with van der Waals surface area (Å²) < 4.78 is 48.0. The Kier molecular flexibility index (Phi) is 25.4. The van der Waals surface area contributed by atoms with E-state index in [0.29, 0.717) is 94.9 Å². The molecule has 6 aromatic carbocycles. The van der Waals surface area contributed by atoms with E-state index in [0.717, 1.165) is 156 Å². The molecule has 10 aliphatic rings. The lowest BCUT2D eigenvalue weighted by atomic mass is 9.49. The van der Waals surface area contributed by atoms with Gasteiger partial charge in [-0.05, 0) is 165 Å². The number of piperidine rings is 4. The lowest BCUT2D eigenvalue weighted by Crippen LogP contribution is -2.74. The first kappa shape index (κ1) is 88.7. The van der Waals surface area contributed by atoms with Crippen LogP contribution in [0.15, 0.2) is 134 Å². The quantitative estimate of drug-likeness (QED) is 0.0353. The number of nitrogens with one attached hydrogen (secondary N) is 3. The molecule has 2 saturated carbocycles. The van der Waals surface area contributed by atoms with Gasteiger partial charge in [0.1, 0.15) is 53.2 Å². The third-order valence-corrected chi connectivity index (χ3v) is 28.0. The van der Waals surface area contributed by atoms with E-state index in [1.807, 2.05) is 60.7 Å². The van der Waals surface area contributed by atoms with E-state index in [9.17, 15) is 42.7 Å². The van der Waals surface area contributed by atoms with E-state index < -0.39 is 40.5 Å². The minimum absolute atomic E-state index is 0. The fourth-order valence-corrected chi connectivity index (χ4v) is 21.5. The number of carbonyl (C=O) groups is 8. The number of benzene rings is 6. The van der Waals surface area contributed by atoms with Crippen LogP contribution in [0.2, 0.25) is 0 Å². The standard InChI is InChI=1S/C48H53FN8O5.C30H34FN5O5.C18H21N3O.CH4/c1-47(2)45(48(3,4)46(47)62-39-14-11-36(50-5)41-34(39)7-6-18-51-41)53-42(59)30-8-12-37(35(49)26-30)56-19-16-29(17-20-56)27-54-21-23-55(24-22-54)32-9-10-33-31(25-32)28-57(44(33)61)38-13-15-40(58)52-43(38)60;31-25-16-23(41-19-37)2-4-26(25)35-9-7-20(8-10-35)17-33-11-13-34(14-12-33)22-1-3-24-21(15-22)18-36(30(24)40)27-5-6-28(38)32-29(27)39;1-17(2)15(19)18(3,4)16(17)22-13-9-8-12(20-5)14-11(13)7-6-10-21-14;/h6-12,14,18,25-26,29,38,45-46H,13,15-17,19-24,27-28H2,1-4H3,(H,53,59)(H,52,58,60);1-4,15-16,19-20,27H,5-14,17-18H2,(H,32,38,39);6-10,15-16H,19H2,1-4H3;1H4/t38-,45?,46?;27-;;/m00../s1. The molecule has 18 rings (SSSR count). The van der Waals surface area contributed by atoms with Gasteiger partial charge >= 0.3 is 0 Å². The Morgan fingerprint density at radius 2 is 0.960 bits per heavy atom. The normalized spacial score (nSPS) is 23.3. The highest BCUT2D eigenvalue weighted by Gasteiger charge is 2.65. The molecule has 2 aliphatic carbocycles. The van der Waals surface area contributed by atoms with Gasteiger partial charge in [0.2, 0.25) is 35.0 Å². The first-order chi connectivity index (χ1) is 59.9. The van der Waals surface area contributed by atoms with Crippen LogP contribution in [0.3, 0.4) is 0 Å². The highest BCUT2D eigenvalue weighted by atomic mass is 19.1. The molecule has 8 aromatic rings. The Labute approximate surface area is 734 Å². The largest absolute Gasteiger partial charge is 0.489 e. The molecule has 0 spiro atoms. The molecule has 10 heterocycles. The maximum Gasteiger partial charge on any atom is 0.298 e. The van der Waals surface area contributed by atoms with Gasteiger partial charge in [0, 0.05) is 209 Å². The predicted octanol–water partition coefficient (Wildman–Crippen LogP) is 13.1. The highest BCUT2D eigenvalue weighted by Crippen LogP contribution is 2.57. The molecular formula is C97H112F2N16O11. The van der Waals surface area contributed by atoms with Crippen LogP contribution < -0.4 is 55.5 Å². The predicted molar refractivity (Wildman–Crippen MR) is 478 cm³/mol. The Hall–Kier alpha value is -12.2. The van der Waals surface area contributed by atoms with Crippen molar-refractivity contribution in [2.45, 2.75) is 164 Å². The minimum atomic E-state index is -0.622. The van der Waals surface area contributed by atoms with Gasteiger partial charge in [-0.1, -0.05) is 74.9 Å². The topological polar surface area (TPSA) is 287 Å². The zero-order valence-electron chi connectivity index (χ0n) is 72.1. The second-order valence-corrected chi connectivity index (χ2v) is 37.3. The summed E-state index contributed by atoms with van der Waals surface area (Å²) in [6.45, 7) is 45.0. The molecule has 126 heavy (non-hydrogen) atoms. The summed E-state index contributed by atoms with van der Waals surface area (Å²) in [7, 11) is 0. The summed E-state index contributed by atoms with van der Waals surface area (Å²) in [5.41, 5.74) is 14.1. The zero-order chi connectivity index (χ0) is 88.1. The molecule has 6 saturated heterocycles. The van der Waals surface area contributed by atoms with Gasteiger partial charge in [-0.3, -0.25) is 68.8 Å². The Morgan fingerprint density at radius 1 is 0.532 bits per heavy atom. The van der Waals surface area contributed by atoms with Crippen molar-refractivity contribution in [3.8, 4) is 17.2 Å². The van der Waals surface area contributed by atoms with Crippen molar-refractivity contribution in [3.05, 3.63) is 196 Å². The van der Waals surface area contributed by atoms with Crippen molar-refractivity contribution in [2.24, 2.45) is 39.2 Å². The van der Waals surface area contributed by atoms with Gasteiger partial charge < -0.3 is 54.7 Å². The summed E-state index contributed by atoms with van der Waals surface area (Å²) in [6.07, 6.45) is 8.23. The highest BCUT2D eigenvalue weighted by molar-refractivity contribution is 6.07. The van der Waals surface area contributed by atoms with Crippen LogP contribution in [0.25, 0.3) is 31.5 Å². The van der Waals surface area contributed by atoms with Crippen molar-refractivity contribution in [1.29, 1.82) is 0 Å². The van der Waals surface area contributed by atoms with Gasteiger partial charge in [0.25, 0.3) is 24.2 Å². The number of hydrogen-bond donors (Lipinski definition) is 4. The molecule has 7 amide bonds. The van der Waals surface area contributed by atoms with Crippen LogP contribution in [0.4, 0.5) is 42.9 Å². The molecule has 0 bridgehead atoms. The lowest BCUT2D eigenvalue weighted by Gasteiger charge is -2.63. The summed E-state index contributed by atoms with van der Waals surface area (Å²) in [5, 5.41) is 9.57. The maximum atomic E-state index is 15.8. The summed E-state index contributed by atoms with van der Waals surface area (Å²) in [4.78, 5) is 131. The number of anilines is 4. The molecule has 29 heteroatoms. The van der Waals surface area contributed by atoms with Gasteiger partial charge in [-0.15, -0.1) is 0 Å². The third-order valence-electron chi connectivity index (χ3n) is 28.0. The van der Waals surface area contributed by atoms with E-state index in [1.165, 1.54) is 12.1 Å². The summed E-state index contributed by atoms with van der Waals surface area (Å²) in [5.74, 6) is -0.0874. The number of ether oxygens (including phenoxy) is 3. The molecular weight excluding hydrogens is 1600 g/mol. The first-order valence-corrected chi connectivity index (χ1v) is 43.5. The number of piperazine rings is 2. The molecule has 660 valence electrons. The molecule has 2 aromatic heterocycles. The molecule has 0 radical (unpaired) electrons. The molecule has 5 N–H and O–H groups in total. The van der Waals surface area contributed by atoms with Crippen LogP contribution in [0.1, 0.15) is 156 Å². The van der Waals surface area contributed by atoms with Crippen molar-refractivity contribution < 1.29 is 61.3 Å². The fourth-order valence-electron chi connectivity index (χ4n) is 21.5. The average molecular weight is 1720 g/mol. The molecule has 8 aliphatic heterocycles. The van der Waals surface area contributed by atoms with Gasteiger partial charge in [0.15, 0.2) is 0 Å². The second kappa shape index (κ2) is 36.0. The third kappa shape index (κ3) is 17.4. The summed E-state index contributed by atoms with van der Waals surface area (Å²) in [6, 6.07) is 34.6. The van der Waals surface area contributed by atoms with Crippen LogP contribution in [0.5, 0.6) is 17.2 Å². The number of aromatic nitrogens is 2. The number of amides is 7. The van der Waals surface area contributed by atoms with E-state index in [2.05, 4.69) is 133 Å². The van der Waals surface area contributed by atoms with Crippen molar-refractivity contribution in [1.82, 2.24) is 45.5 Å². The lowest BCUT2D eigenvalue weighted by molar-refractivity contribution is -0.163. The first-order valence-electron chi connectivity index (χ1n) is 43.5.